The van der Waals surface area contributed by atoms with Crippen molar-refractivity contribution < 1.29 is 51.0 Å². The van der Waals surface area contributed by atoms with Gasteiger partial charge in [-0.05, 0) is 42.4 Å². The van der Waals surface area contributed by atoms with Crippen molar-refractivity contribution in [3.8, 4) is 22.5 Å². The summed E-state index contributed by atoms with van der Waals surface area (Å²) >= 11 is 0. The number of anilines is 4. The van der Waals surface area contributed by atoms with Crippen molar-refractivity contribution in [1.29, 1.82) is 0 Å². The van der Waals surface area contributed by atoms with E-state index in [2.05, 4.69) is 44.3 Å². The number of aromatic nitrogens is 6. The Balaban J connectivity index is 0.000000197. The number of pyridine rings is 2. The third kappa shape index (κ3) is 11.4. The zero-order valence-electron chi connectivity index (χ0n) is 35.8. The van der Waals surface area contributed by atoms with Crippen LogP contribution in [0, 0.1) is 0 Å². The molecule has 4 aromatic heterocycles. The summed E-state index contributed by atoms with van der Waals surface area (Å²) in [6, 6.07) is 22.4. The van der Waals surface area contributed by atoms with Crippen LogP contribution in [-0.4, -0.2) is 97.0 Å². The highest BCUT2D eigenvalue weighted by Crippen LogP contribution is 2.34. The number of benzene rings is 2. The highest BCUT2D eigenvalue weighted by Gasteiger charge is 2.33. The highest BCUT2D eigenvalue weighted by molar-refractivity contribution is 6.76. The van der Waals surface area contributed by atoms with E-state index in [1.807, 2.05) is 33.7 Å². The number of ether oxygens (including phenoxy) is 1. The zero-order chi connectivity index (χ0) is 45.6. The molecule has 20 heteroatoms. The van der Waals surface area contributed by atoms with Crippen molar-refractivity contribution in [3.63, 3.8) is 0 Å². The molecular weight excluding hydrogens is 859 g/mol. The molecule has 6 heterocycles. The van der Waals surface area contributed by atoms with E-state index in [0.717, 1.165) is 39.8 Å². The second kappa shape index (κ2) is 19.2. The third-order valence-corrected chi connectivity index (χ3v) is 12.7. The Labute approximate surface area is 368 Å². The number of halogens is 6. The minimum absolute atomic E-state index is 0.279. The molecule has 8 rings (SSSR count). The predicted molar refractivity (Wildman–Crippen MR) is 232 cm³/mol. The van der Waals surface area contributed by atoms with E-state index in [1.54, 1.807) is 49.1 Å². The van der Waals surface area contributed by atoms with Crippen LogP contribution in [0.4, 0.5) is 49.9 Å². The van der Waals surface area contributed by atoms with E-state index in [0.29, 0.717) is 105 Å². The Morgan fingerprint density at radius 3 is 1.72 bits per heavy atom. The van der Waals surface area contributed by atoms with Gasteiger partial charge in [0.15, 0.2) is 0 Å². The minimum atomic E-state index is -4.42. The molecule has 340 valence electrons. The molecule has 2 fully saturated rings. The number of hydrogen-bond donors (Lipinski definition) is 3. The maximum Gasteiger partial charge on any atom is 0.416 e. The number of nitrogens with one attached hydrogen (secondary N) is 1. The van der Waals surface area contributed by atoms with E-state index in [-0.39, 0.29) is 6.73 Å². The fourth-order valence-electron chi connectivity index (χ4n) is 7.40. The SMILES string of the molecule is C[Si](C)(C)CCOCn1cc(-c2cccc(C(F)(F)F)c2)nc1N1CCN(c2cccc[n+]2O)CC1.O[n+]1ccccc1N1CCN(c2ncc(-c3cccc(C(F)(F)F)c3)[nH]2)CC1. The number of rotatable bonds is 11. The van der Waals surface area contributed by atoms with Crippen LogP contribution >= 0.6 is 0 Å². The molecule has 0 atom stereocenters. The molecule has 2 aliphatic heterocycles. The number of H-pyrrole nitrogens is 1. The van der Waals surface area contributed by atoms with Crippen LogP contribution in [0.3, 0.4) is 0 Å². The Hall–Kier alpha value is -6.28. The first-order valence-electron chi connectivity index (χ1n) is 20.9. The second-order valence-electron chi connectivity index (χ2n) is 16.8. The van der Waals surface area contributed by atoms with Gasteiger partial charge in [-0.3, -0.25) is 14.4 Å². The summed E-state index contributed by atoms with van der Waals surface area (Å²) in [5.74, 6) is 2.71. The van der Waals surface area contributed by atoms with Gasteiger partial charge in [0.2, 0.25) is 11.9 Å². The fraction of sp³-hybridized carbons (Fsp3) is 0.364. The summed E-state index contributed by atoms with van der Waals surface area (Å²) < 4.78 is 88.7. The van der Waals surface area contributed by atoms with Gasteiger partial charge in [-0.25, -0.2) is 9.97 Å². The monoisotopic (exact) mass is 910 g/mol. The average Bonchev–Trinajstić information content (AvgIpc) is 3.94. The van der Waals surface area contributed by atoms with Gasteiger partial charge in [-0.1, -0.05) is 65.5 Å². The molecule has 2 aromatic carbocycles. The lowest BCUT2D eigenvalue weighted by atomic mass is 10.1. The van der Waals surface area contributed by atoms with Gasteiger partial charge in [0.25, 0.3) is 0 Å². The Kier molecular flexibility index (Phi) is 13.7. The van der Waals surface area contributed by atoms with Gasteiger partial charge < -0.3 is 29.9 Å². The second-order valence-corrected chi connectivity index (χ2v) is 22.4. The van der Waals surface area contributed by atoms with Crippen LogP contribution in [0.2, 0.25) is 25.7 Å². The molecule has 13 nitrogen and oxygen atoms in total. The molecule has 0 radical (unpaired) electrons. The predicted octanol–water partition coefficient (Wildman–Crippen LogP) is 7.68. The maximum atomic E-state index is 13.3. The molecule has 0 unspecified atom stereocenters. The van der Waals surface area contributed by atoms with E-state index in [1.165, 1.54) is 12.1 Å². The zero-order valence-corrected chi connectivity index (χ0v) is 36.8. The molecule has 0 aliphatic carbocycles. The molecule has 2 saturated heterocycles. The first-order chi connectivity index (χ1) is 30.4. The molecule has 0 amide bonds. The lowest BCUT2D eigenvalue weighted by Crippen LogP contribution is -2.51. The summed E-state index contributed by atoms with van der Waals surface area (Å²) in [5.41, 5.74) is 0.489. The summed E-state index contributed by atoms with van der Waals surface area (Å²) in [5, 5.41) is 20.0. The summed E-state index contributed by atoms with van der Waals surface area (Å²) in [4.78, 5) is 20.5. The van der Waals surface area contributed by atoms with Crippen molar-refractivity contribution in [1.82, 2.24) is 19.5 Å². The van der Waals surface area contributed by atoms with Crippen LogP contribution in [0.25, 0.3) is 22.5 Å². The van der Waals surface area contributed by atoms with E-state index in [9.17, 15) is 36.8 Å². The van der Waals surface area contributed by atoms with Gasteiger partial charge in [0.05, 0.1) is 54.9 Å². The van der Waals surface area contributed by atoms with Crippen LogP contribution in [0.1, 0.15) is 11.1 Å². The summed E-state index contributed by atoms with van der Waals surface area (Å²) in [6.07, 6.45) is -2.31. The molecule has 3 N–H and O–H groups in total. The van der Waals surface area contributed by atoms with Crippen molar-refractivity contribution in [2.75, 3.05) is 78.6 Å². The fourth-order valence-corrected chi connectivity index (χ4v) is 8.16. The first-order valence-corrected chi connectivity index (χ1v) is 24.6. The van der Waals surface area contributed by atoms with Crippen LogP contribution in [-0.2, 0) is 23.8 Å². The lowest BCUT2D eigenvalue weighted by molar-refractivity contribution is -0.894. The van der Waals surface area contributed by atoms with Crippen molar-refractivity contribution >= 4 is 31.6 Å². The van der Waals surface area contributed by atoms with E-state index >= 15 is 0 Å². The minimum Gasteiger partial charge on any atom is -0.361 e. The molecule has 0 bridgehead atoms. The Morgan fingerprint density at radius 1 is 0.672 bits per heavy atom. The number of alkyl halides is 6. The Morgan fingerprint density at radius 2 is 1.19 bits per heavy atom. The quantitative estimate of drug-likeness (QED) is 0.0396. The van der Waals surface area contributed by atoms with E-state index in [4.69, 9.17) is 9.72 Å². The molecule has 2 aliphatic rings. The van der Waals surface area contributed by atoms with Crippen molar-refractivity contribution in [2.45, 2.75) is 44.8 Å². The summed E-state index contributed by atoms with van der Waals surface area (Å²) in [7, 11) is -1.25. The largest absolute Gasteiger partial charge is 0.416 e. The van der Waals surface area contributed by atoms with Gasteiger partial charge in [0.1, 0.15) is 45.3 Å². The lowest BCUT2D eigenvalue weighted by Gasteiger charge is -2.32. The number of nitrogens with zero attached hydrogens (tertiary/aromatic N) is 9. The normalized spacial score (nSPS) is 15.0. The highest BCUT2D eigenvalue weighted by atomic mass is 28.3. The molecule has 0 saturated carbocycles. The number of imidazole rings is 2. The van der Waals surface area contributed by atoms with Crippen LogP contribution in [0.5, 0.6) is 0 Å². The number of piperazine rings is 2. The topological polar surface area (TPSA) is 117 Å². The maximum absolute atomic E-state index is 13.3. The van der Waals surface area contributed by atoms with Gasteiger partial charge >= 0.3 is 24.0 Å². The number of hydrogen-bond acceptors (Lipinski definition) is 9. The summed E-state index contributed by atoms with van der Waals surface area (Å²) in [6.45, 7) is 13.1. The smallest absolute Gasteiger partial charge is 0.361 e. The first kappa shape index (κ1) is 45.7. The molecule has 64 heavy (non-hydrogen) atoms. The molecular formula is C44H52F6N10O3Si+2. The van der Waals surface area contributed by atoms with Gasteiger partial charge in [0, 0.05) is 44.1 Å². The van der Waals surface area contributed by atoms with Gasteiger partial charge in [-0.2, -0.15) is 26.3 Å². The number of aromatic amines is 1. The van der Waals surface area contributed by atoms with Crippen LogP contribution in [0.15, 0.2) is 110 Å². The molecule has 0 spiro atoms. The van der Waals surface area contributed by atoms with E-state index < -0.39 is 31.6 Å². The van der Waals surface area contributed by atoms with Gasteiger partial charge in [-0.15, -0.1) is 0 Å². The standard InChI is InChI=1S/C25H33F3N5O2Si.C19H19F3N5O/c1-36(2,3)16-15-35-19-32-18-22(20-7-6-8-21(17-20)25(26,27)28)29-24(32)31-13-11-30(12-14-31)23-9-4-5-10-33(23)34;20-19(21,22)15-5-3-4-14(12-15)16-13-23-18(24-16)26-10-8-25(9-11-26)17-6-1-2-7-27(17)28/h4-10,17-18,34H,11-16,19H2,1-3H3;1-7,12-13,28H,8-11H2,(H,23,24)/q2*+1. The third-order valence-electron chi connectivity index (χ3n) is 11.0. The van der Waals surface area contributed by atoms with Crippen molar-refractivity contribution in [3.05, 3.63) is 121 Å². The van der Waals surface area contributed by atoms with Crippen LogP contribution < -0.4 is 29.1 Å². The van der Waals surface area contributed by atoms with Crippen molar-refractivity contribution in [2.24, 2.45) is 0 Å². The molecule has 6 aromatic rings. The average molecular weight is 911 g/mol. The Bertz CT molecular complexity index is 2480.